The van der Waals surface area contributed by atoms with Gasteiger partial charge in [-0.05, 0) is 48.9 Å². The van der Waals surface area contributed by atoms with E-state index >= 15 is 0 Å². The molecular formula is C33H25BrN2O5S. The first-order valence-corrected chi connectivity index (χ1v) is 14.9. The molecule has 9 heteroatoms. The lowest BCUT2D eigenvalue weighted by Gasteiger charge is -2.26. The lowest BCUT2D eigenvalue weighted by atomic mass is 9.93. The quantitative estimate of drug-likeness (QED) is 0.205. The minimum atomic E-state index is -0.790. The average molecular weight is 642 g/mol. The monoisotopic (exact) mass is 640 g/mol. The molecule has 42 heavy (non-hydrogen) atoms. The molecule has 3 heterocycles. The van der Waals surface area contributed by atoms with Crippen molar-refractivity contribution in [3.63, 3.8) is 0 Å². The fourth-order valence-corrected chi connectivity index (χ4v) is 6.30. The third kappa shape index (κ3) is 5.29. The number of hydrogen-bond acceptors (Lipinski definition) is 7. The smallest absolute Gasteiger partial charge is 0.338 e. The van der Waals surface area contributed by atoms with Crippen molar-refractivity contribution in [2.75, 3.05) is 13.7 Å². The van der Waals surface area contributed by atoms with Gasteiger partial charge in [0.05, 0.1) is 35.6 Å². The van der Waals surface area contributed by atoms with Gasteiger partial charge in [-0.3, -0.25) is 9.36 Å². The third-order valence-corrected chi connectivity index (χ3v) is 8.27. The maximum Gasteiger partial charge on any atom is 0.338 e. The van der Waals surface area contributed by atoms with E-state index in [9.17, 15) is 9.59 Å². The molecule has 0 radical (unpaired) electrons. The van der Waals surface area contributed by atoms with Crippen LogP contribution in [0, 0.1) is 0 Å². The van der Waals surface area contributed by atoms with Crippen LogP contribution >= 0.6 is 27.3 Å². The topological polar surface area (TPSA) is 83.0 Å². The molecule has 2 aromatic heterocycles. The first-order valence-electron chi connectivity index (χ1n) is 13.2. The second-order valence-electron chi connectivity index (χ2n) is 9.42. The first-order chi connectivity index (χ1) is 20.5. The summed E-state index contributed by atoms with van der Waals surface area (Å²) in [6.07, 6.45) is 1.71. The molecule has 1 atom stereocenters. The van der Waals surface area contributed by atoms with Crippen LogP contribution in [-0.2, 0) is 9.53 Å². The van der Waals surface area contributed by atoms with E-state index in [4.69, 9.17) is 18.9 Å². The normalized spacial score (nSPS) is 14.8. The molecule has 0 bridgehead atoms. The molecule has 0 unspecified atom stereocenters. The van der Waals surface area contributed by atoms with E-state index in [1.807, 2.05) is 91.0 Å². The molecule has 1 aliphatic rings. The average Bonchev–Trinajstić information content (AvgIpc) is 3.61. The molecule has 0 saturated heterocycles. The van der Waals surface area contributed by atoms with Crippen LogP contribution in [0.4, 0.5) is 0 Å². The summed E-state index contributed by atoms with van der Waals surface area (Å²) in [4.78, 5) is 33.0. The van der Waals surface area contributed by atoms with E-state index in [1.54, 1.807) is 24.7 Å². The number of benzene rings is 3. The van der Waals surface area contributed by atoms with E-state index in [1.165, 1.54) is 11.3 Å². The van der Waals surface area contributed by atoms with E-state index in [-0.39, 0.29) is 17.7 Å². The number of fused-ring (bicyclic) bond motifs is 1. The van der Waals surface area contributed by atoms with Gasteiger partial charge in [0.25, 0.3) is 5.56 Å². The van der Waals surface area contributed by atoms with Crippen molar-refractivity contribution in [1.82, 2.24) is 4.57 Å². The molecule has 0 aliphatic carbocycles. The highest BCUT2D eigenvalue weighted by Crippen LogP contribution is 2.36. The number of carbonyl (C=O) groups is 1. The Balaban J connectivity index is 1.57. The van der Waals surface area contributed by atoms with Gasteiger partial charge in [-0.2, -0.15) is 0 Å². The van der Waals surface area contributed by atoms with E-state index in [0.29, 0.717) is 37.9 Å². The predicted molar refractivity (Wildman–Crippen MR) is 166 cm³/mol. The minimum absolute atomic E-state index is 0.179. The number of esters is 1. The van der Waals surface area contributed by atoms with Gasteiger partial charge >= 0.3 is 5.97 Å². The summed E-state index contributed by atoms with van der Waals surface area (Å²) in [5.74, 6) is 1.28. The molecule has 3 aromatic carbocycles. The maximum absolute atomic E-state index is 14.1. The Bertz CT molecular complexity index is 2010. The Morgan fingerprint density at radius 2 is 1.81 bits per heavy atom. The van der Waals surface area contributed by atoms with E-state index < -0.39 is 12.0 Å². The summed E-state index contributed by atoms with van der Waals surface area (Å²) in [6.45, 7) is 1.93. The highest BCUT2D eigenvalue weighted by atomic mass is 79.9. The third-order valence-electron chi connectivity index (χ3n) is 6.79. The van der Waals surface area contributed by atoms with Gasteiger partial charge in [-0.15, -0.1) is 0 Å². The van der Waals surface area contributed by atoms with E-state index in [0.717, 1.165) is 15.6 Å². The Labute approximate surface area is 253 Å². The molecule has 0 N–H and O–H groups in total. The molecule has 0 amide bonds. The largest absolute Gasteiger partial charge is 0.497 e. The number of rotatable bonds is 7. The summed E-state index contributed by atoms with van der Waals surface area (Å²) in [7, 11) is 1.58. The zero-order chi connectivity index (χ0) is 29.2. The Morgan fingerprint density at radius 1 is 1.02 bits per heavy atom. The second kappa shape index (κ2) is 11.8. The van der Waals surface area contributed by atoms with Crippen LogP contribution in [0.1, 0.15) is 29.9 Å². The summed E-state index contributed by atoms with van der Waals surface area (Å²) < 4.78 is 20.0. The van der Waals surface area contributed by atoms with Gasteiger partial charge in [0, 0.05) is 21.7 Å². The van der Waals surface area contributed by atoms with E-state index in [2.05, 4.69) is 15.9 Å². The zero-order valence-corrected chi connectivity index (χ0v) is 25.1. The van der Waals surface area contributed by atoms with Crippen LogP contribution in [0.5, 0.6) is 5.75 Å². The predicted octanol–water partition coefficient (Wildman–Crippen LogP) is 5.97. The van der Waals surface area contributed by atoms with Crippen molar-refractivity contribution in [2.45, 2.75) is 13.0 Å². The Hall–Kier alpha value is -4.47. The summed E-state index contributed by atoms with van der Waals surface area (Å²) in [5.41, 5.74) is 2.81. The molecule has 210 valence electrons. The van der Waals surface area contributed by atoms with Crippen LogP contribution in [0.25, 0.3) is 23.1 Å². The molecule has 6 rings (SSSR count). The van der Waals surface area contributed by atoms with Gasteiger partial charge in [0.1, 0.15) is 17.3 Å². The molecule has 0 fully saturated rings. The van der Waals surface area contributed by atoms with Gasteiger partial charge in [-0.25, -0.2) is 9.79 Å². The number of aromatic nitrogens is 1. The molecule has 1 aliphatic heterocycles. The molecule has 0 saturated carbocycles. The van der Waals surface area contributed by atoms with Crippen molar-refractivity contribution in [1.29, 1.82) is 0 Å². The number of thiazole rings is 1. The van der Waals surface area contributed by atoms with Gasteiger partial charge in [0.15, 0.2) is 4.80 Å². The van der Waals surface area contributed by atoms with Crippen LogP contribution < -0.4 is 19.6 Å². The minimum Gasteiger partial charge on any atom is -0.497 e. The SMILES string of the molecule is CCOC(=O)C1=C(c2ccccc2)N=c2s/c(=C\c3ccc(-c4cccc(Br)c4)o3)c(=O)n2[C@@H]1c1cccc(OC)c1. The second-order valence-corrected chi connectivity index (χ2v) is 11.3. The number of furan rings is 1. The number of carbonyl (C=O) groups excluding carboxylic acids is 1. The summed E-state index contributed by atoms with van der Waals surface area (Å²) >= 11 is 4.74. The number of methoxy groups -OCH3 is 1. The molecule has 5 aromatic rings. The summed E-state index contributed by atoms with van der Waals surface area (Å²) in [5, 5.41) is 0. The number of halogens is 1. The zero-order valence-electron chi connectivity index (χ0n) is 22.7. The molecule has 0 spiro atoms. The van der Waals surface area contributed by atoms with Crippen LogP contribution in [0.3, 0.4) is 0 Å². The van der Waals surface area contributed by atoms with Gasteiger partial charge < -0.3 is 13.9 Å². The van der Waals surface area contributed by atoms with Gasteiger partial charge in [0.2, 0.25) is 0 Å². The number of hydrogen-bond donors (Lipinski definition) is 0. The standard InChI is InChI=1S/C33H25BrN2O5S/c1-3-40-32(38)28-29(20-9-5-4-6-10-20)35-33-36(30(28)22-12-8-14-24(18-22)39-2)31(37)27(42-33)19-25-15-16-26(41-25)21-11-7-13-23(34)17-21/h4-19,30H,3H2,1-2H3/b27-19-/t30-/m1/s1. The lowest BCUT2D eigenvalue weighted by Crippen LogP contribution is -2.40. The van der Waals surface area contributed by atoms with Crippen molar-refractivity contribution >= 4 is 45.0 Å². The lowest BCUT2D eigenvalue weighted by molar-refractivity contribution is -0.138. The fraction of sp³-hybridized carbons (Fsp3) is 0.121. The highest BCUT2D eigenvalue weighted by Gasteiger charge is 2.35. The maximum atomic E-state index is 14.1. The van der Waals surface area contributed by atoms with Gasteiger partial charge in [-0.1, -0.05) is 81.9 Å². The number of ether oxygens (including phenoxy) is 2. The van der Waals surface area contributed by atoms with Crippen molar-refractivity contribution in [2.24, 2.45) is 4.99 Å². The highest BCUT2D eigenvalue weighted by molar-refractivity contribution is 9.10. The van der Waals surface area contributed by atoms with Crippen molar-refractivity contribution in [3.05, 3.63) is 138 Å². The van der Waals surface area contributed by atoms with Crippen molar-refractivity contribution < 1.29 is 18.7 Å². The van der Waals surface area contributed by atoms with Crippen molar-refractivity contribution in [3.8, 4) is 17.1 Å². The summed E-state index contributed by atoms with van der Waals surface area (Å²) in [6, 6.07) is 27.5. The van der Waals surface area contributed by atoms with Crippen LogP contribution in [0.15, 0.2) is 115 Å². The Kier molecular flexibility index (Phi) is 7.78. The first kappa shape index (κ1) is 27.7. The Morgan fingerprint density at radius 3 is 2.57 bits per heavy atom. The van der Waals surface area contributed by atoms with Crippen LogP contribution in [0.2, 0.25) is 0 Å². The van der Waals surface area contributed by atoms with Crippen LogP contribution in [-0.4, -0.2) is 24.3 Å². The fourth-order valence-electron chi connectivity index (χ4n) is 4.92. The molecular weight excluding hydrogens is 616 g/mol. The number of nitrogens with zero attached hydrogens (tertiary/aromatic N) is 2. The molecule has 7 nitrogen and oxygen atoms in total.